The predicted octanol–water partition coefficient (Wildman–Crippen LogP) is 1.74. The summed E-state index contributed by atoms with van der Waals surface area (Å²) in [5.41, 5.74) is -0.719. The van der Waals surface area contributed by atoms with Crippen LogP contribution in [0.3, 0.4) is 0 Å². The zero-order valence-electron chi connectivity index (χ0n) is 10.5. The van der Waals surface area contributed by atoms with Crippen LogP contribution in [0, 0.1) is 5.92 Å². The smallest absolute Gasteiger partial charge is 0.435 e. The van der Waals surface area contributed by atoms with Gasteiger partial charge in [-0.2, -0.15) is 18.3 Å². The van der Waals surface area contributed by atoms with Gasteiger partial charge < -0.3 is 10.1 Å². The van der Waals surface area contributed by atoms with Crippen molar-refractivity contribution in [3.63, 3.8) is 0 Å². The minimum Gasteiger partial charge on any atom is -0.476 e. The van der Waals surface area contributed by atoms with Crippen molar-refractivity contribution in [2.75, 3.05) is 19.7 Å². The molecule has 5 nitrogen and oxygen atoms in total. The summed E-state index contributed by atoms with van der Waals surface area (Å²) >= 11 is 0. The molecule has 0 amide bonds. The molecule has 2 aromatic rings. The molecule has 0 bridgehead atoms. The molecule has 1 saturated heterocycles. The Morgan fingerprint density at radius 3 is 3.00 bits per heavy atom. The number of nitrogens with one attached hydrogen (secondary N) is 1. The molecular formula is C12H13F3N4O. The normalized spacial score (nSPS) is 19.6. The maximum Gasteiger partial charge on any atom is 0.435 e. The predicted molar refractivity (Wildman–Crippen MR) is 64.5 cm³/mol. The highest BCUT2D eigenvalue weighted by Gasteiger charge is 2.34. The number of fused-ring (bicyclic) bond motifs is 1. The van der Waals surface area contributed by atoms with Crippen LogP contribution < -0.4 is 10.1 Å². The van der Waals surface area contributed by atoms with Crippen molar-refractivity contribution in [2.45, 2.75) is 12.6 Å². The third-order valence-corrected chi connectivity index (χ3v) is 3.26. The Morgan fingerprint density at radius 2 is 2.30 bits per heavy atom. The van der Waals surface area contributed by atoms with E-state index in [9.17, 15) is 13.2 Å². The summed E-state index contributed by atoms with van der Waals surface area (Å²) in [5.74, 6) is 0.546. The van der Waals surface area contributed by atoms with E-state index < -0.39 is 11.9 Å². The molecule has 1 N–H and O–H groups in total. The molecule has 20 heavy (non-hydrogen) atoms. The van der Waals surface area contributed by atoms with Gasteiger partial charge in [0.2, 0.25) is 5.88 Å². The van der Waals surface area contributed by atoms with Crippen LogP contribution in [0.1, 0.15) is 12.1 Å². The number of rotatable bonds is 3. The summed E-state index contributed by atoms with van der Waals surface area (Å²) in [6.45, 7) is 2.24. The molecule has 0 spiro atoms. The van der Waals surface area contributed by atoms with E-state index in [2.05, 4.69) is 15.4 Å². The first-order valence-electron chi connectivity index (χ1n) is 6.29. The van der Waals surface area contributed by atoms with E-state index >= 15 is 0 Å². The number of halogens is 3. The van der Waals surface area contributed by atoms with E-state index in [-0.39, 0.29) is 11.4 Å². The largest absolute Gasteiger partial charge is 0.476 e. The zero-order valence-corrected chi connectivity index (χ0v) is 10.5. The Hall–Kier alpha value is -1.83. The fourth-order valence-electron chi connectivity index (χ4n) is 2.20. The second-order valence-electron chi connectivity index (χ2n) is 4.76. The summed E-state index contributed by atoms with van der Waals surface area (Å²) in [5, 5.41) is 6.69. The number of aromatic nitrogens is 3. The second-order valence-corrected chi connectivity index (χ2v) is 4.76. The maximum atomic E-state index is 12.6. The molecule has 3 heterocycles. The van der Waals surface area contributed by atoms with Gasteiger partial charge in [-0.1, -0.05) is 0 Å². The zero-order chi connectivity index (χ0) is 14.2. The van der Waals surface area contributed by atoms with Crippen molar-refractivity contribution in [3.8, 4) is 5.88 Å². The van der Waals surface area contributed by atoms with Gasteiger partial charge in [-0.15, -0.1) is 0 Å². The van der Waals surface area contributed by atoms with E-state index in [1.165, 1.54) is 12.4 Å². The van der Waals surface area contributed by atoms with Crippen LogP contribution in [0.2, 0.25) is 0 Å². The second kappa shape index (κ2) is 4.93. The molecule has 3 rings (SSSR count). The van der Waals surface area contributed by atoms with Crippen LogP contribution in [-0.2, 0) is 6.18 Å². The molecule has 108 valence electrons. The van der Waals surface area contributed by atoms with Crippen molar-refractivity contribution < 1.29 is 17.9 Å². The molecule has 2 aromatic heterocycles. The van der Waals surface area contributed by atoms with Gasteiger partial charge in [0.25, 0.3) is 0 Å². The first-order chi connectivity index (χ1) is 9.54. The monoisotopic (exact) mass is 286 g/mol. The minimum absolute atomic E-state index is 0.183. The Morgan fingerprint density at radius 1 is 1.45 bits per heavy atom. The van der Waals surface area contributed by atoms with Crippen LogP contribution in [0.25, 0.3) is 5.52 Å². The summed E-state index contributed by atoms with van der Waals surface area (Å²) in [6.07, 6.45) is -0.730. The van der Waals surface area contributed by atoms with E-state index in [1.54, 1.807) is 0 Å². The lowest BCUT2D eigenvalue weighted by atomic mass is 10.1. The quantitative estimate of drug-likeness (QED) is 0.933. The maximum absolute atomic E-state index is 12.6. The third kappa shape index (κ3) is 2.55. The van der Waals surface area contributed by atoms with Gasteiger partial charge in [-0.25, -0.2) is 9.50 Å². The Labute approximate surface area is 112 Å². The van der Waals surface area contributed by atoms with Crippen molar-refractivity contribution in [2.24, 2.45) is 5.92 Å². The van der Waals surface area contributed by atoms with E-state index in [0.29, 0.717) is 12.5 Å². The Kier molecular flexibility index (Phi) is 3.25. The number of hydrogen-bond acceptors (Lipinski definition) is 4. The lowest BCUT2D eigenvalue weighted by molar-refractivity contribution is -0.141. The molecule has 0 saturated carbocycles. The minimum atomic E-state index is -4.47. The van der Waals surface area contributed by atoms with Gasteiger partial charge in [0, 0.05) is 30.9 Å². The molecule has 0 aliphatic carbocycles. The number of ether oxygens (including phenoxy) is 1. The first kappa shape index (κ1) is 13.2. The fraction of sp³-hybridized carbons (Fsp3) is 0.500. The summed E-state index contributed by atoms with van der Waals surface area (Å²) < 4.78 is 44.6. The van der Waals surface area contributed by atoms with Gasteiger partial charge in [-0.05, 0) is 13.0 Å². The van der Waals surface area contributed by atoms with Gasteiger partial charge >= 0.3 is 6.18 Å². The SMILES string of the molecule is FC(F)(F)c1cc2c(OCC3CCNC3)nccn2n1. The molecule has 1 unspecified atom stereocenters. The van der Waals surface area contributed by atoms with Crippen LogP contribution in [0.4, 0.5) is 13.2 Å². The topological polar surface area (TPSA) is 51.5 Å². The number of hydrogen-bond donors (Lipinski definition) is 1. The summed E-state index contributed by atoms with van der Waals surface area (Å²) in [6, 6.07) is 0.954. The van der Waals surface area contributed by atoms with E-state index in [1.807, 2.05) is 0 Å². The van der Waals surface area contributed by atoms with Crippen molar-refractivity contribution in [1.82, 2.24) is 19.9 Å². The molecule has 1 fully saturated rings. The molecular weight excluding hydrogens is 273 g/mol. The summed E-state index contributed by atoms with van der Waals surface area (Å²) in [4.78, 5) is 3.99. The highest BCUT2D eigenvalue weighted by Crippen LogP contribution is 2.30. The van der Waals surface area contributed by atoms with Crippen molar-refractivity contribution in [3.05, 3.63) is 24.2 Å². The summed E-state index contributed by atoms with van der Waals surface area (Å²) in [7, 11) is 0. The van der Waals surface area contributed by atoms with Crippen molar-refractivity contribution >= 4 is 5.52 Å². The highest BCUT2D eigenvalue weighted by molar-refractivity contribution is 5.56. The molecule has 0 aromatic carbocycles. The molecule has 8 heteroatoms. The fourth-order valence-corrected chi connectivity index (χ4v) is 2.20. The highest BCUT2D eigenvalue weighted by atomic mass is 19.4. The van der Waals surface area contributed by atoms with Crippen LogP contribution in [0.5, 0.6) is 5.88 Å². The van der Waals surface area contributed by atoms with Gasteiger partial charge in [-0.3, -0.25) is 0 Å². The average molecular weight is 286 g/mol. The molecule has 0 radical (unpaired) electrons. The lowest BCUT2D eigenvalue weighted by Crippen LogP contribution is -2.16. The number of alkyl halides is 3. The lowest BCUT2D eigenvalue weighted by Gasteiger charge is -2.10. The Bertz CT molecular complexity index is 604. The molecule has 1 aliphatic rings. The first-order valence-corrected chi connectivity index (χ1v) is 6.29. The molecule has 1 atom stereocenters. The van der Waals surface area contributed by atoms with E-state index in [4.69, 9.17) is 4.74 Å². The van der Waals surface area contributed by atoms with Crippen LogP contribution >= 0.6 is 0 Å². The van der Waals surface area contributed by atoms with Crippen LogP contribution in [0.15, 0.2) is 18.5 Å². The van der Waals surface area contributed by atoms with Gasteiger partial charge in [0.15, 0.2) is 5.69 Å². The number of nitrogens with zero attached hydrogens (tertiary/aromatic N) is 3. The average Bonchev–Trinajstić information content (AvgIpc) is 3.04. The standard InChI is InChI=1S/C12H13F3N4O/c13-12(14,15)10-5-9-11(17-3-4-19(9)18-10)20-7-8-1-2-16-6-8/h3-5,8,16H,1-2,6-7H2. The van der Waals surface area contributed by atoms with Gasteiger partial charge in [0.1, 0.15) is 5.52 Å². The van der Waals surface area contributed by atoms with Gasteiger partial charge in [0.05, 0.1) is 6.61 Å². The Balaban J connectivity index is 1.84. The van der Waals surface area contributed by atoms with Crippen molar-refractivity contribution in [1.29, 1.82) is 0 Å². The molecule has 1 aliphatic heterocycles. The third-order valence-electron chi connectivity index (χ3n) is 3.26. The van der Waals surface area contributed by atoms with Crippen LogP contribution in [-0.4, -0.2) is 34.3 Å². The van der Waals surface area contributed by atoms with E-state index in [0.717, 1.165) is 30.1 Å².